The van der Waals surface area contributed by atoms with E-state index in [2.05, 4.69) is 0 Å². The molecule has 0 N–H and O–H groups in total. The summed E-state index contributed by atoms with van der Waals surface area (Å²) in [7, 11) is 1.59. The summed E-state index contributed by atoms with van der Waals surface area (Å²) in [6, 6.07) is 7.06. The normalized spacial score (nSPS) is 19.6. The van der Waals surface area contributed by atoms with E-state index in [1.54, 1.807) is 31.4 Å². The number of hydrogen-bond acceptors (Lipinski definition) is 3. The second kappa shape index (κ2) is 5.80. The Balaban J connectivity index is 2.00. The van der Waals surface area contributed by atoms with E-state index in [4.69, 9.17) is 4.74 Å². The molecule has 0 spiro atoms. The highest BCUT2D eigenvalue weighted by Gasteiger charge is 2.24. The van der Waals surface area contributed by atoms with E-state index in [1.165, 1.54) is 0 Å². The lowest BCUT2D eigenvalue weighted by Crippen LogP contribution is -2.22. The van der Waals surface area contributed by atoms with Gasteiger partial charge in [0.2, 0.25) is 0 Å². The number of benzene rings is 1. The Morgan fingerprint density at radius 1 is 1.28 bits per heavy atom. The maximum Gasteiger partial charge on any atom is 0.163 e. The van der Waals surface area contributed by atoms with Crippen molar-refractivity contribution in [3.63, 3.8) is 0 Å². The summed E-state index contributed by atoms with van der Waals surface area (Å²) in [5.74, 6) is 0.981. The van der Waals surface area contributed by atoms with Crippen LogP contribution in [0.15, 0.2) is 24.3 Å². The summed E-state index contributed by atoms with van der Waals surface area (Å²) in [4.78, 5) is 23.8. The summed E-state index contributed by atoms with van der Waals surface area (Å²) in [6.45, 7) is 0. The zero-order chi connectivity index (χ0) is 13.0. The molecule has 18 heavy (non-hydrogen) atoms. The average Bonchev–Trinajstić information content (AvgIpc) is 2.41. The van der Waals surface area contributed by atoms with E-state index in [0.717, 1.165) is 25.0 Å². The van der Waals surface area contributed by atoms with Gasteiger partial charge in [-0.1, -0.05) is 6.42 Å². The van der Waals surface area contributed by atoms with Crippen LogP contribution in [-0.4, -0.2) is 18.7 Å². The average molecular weight is 246 g/mol. The molecule has 0 saturated heterocycles. The molecule has 1 aromatic rings. The van der Waals surface area contributed by atoms with E-state index in [9.17, 15) is 9.59 Å². The summed E-state index contributed by atoms with van der Waals surface area (Å²) < 4.78 is 5.05. The highest BCUT2D eigenvalue weighted by molar-refractivity contribution is 5.99. The van der Waals surface area contributed by atoms with Crippen molar-refractivity contribution in [2.75, 3.05) is 7.11 Å². The lowest BCUT2D eigenvalue weighted by atomic mass is 9.83. The van der Waals surface area contributed by atoms with Crippen LogP contribution in [0, 0.1) is 5.92 Å². The van der Waals surface area contributed by atoms with E-state index in [0.29, 0.717) is 18.4 Å². The van der Waals surface area contributed by atoms with E-state index < -0.39 is 0 Å². The number of Topliss-reactive ketones (excluding diaryl/α,β-unsaturated/α-hetero) is 2. The molecule has 0 unspecified atom stereocenters. The molecule has 2 rings (SSSR count). The number of rotatable bonds is 4. The third-order valence-corrected chi connectivity index (χ3v) is 3.52. The minimum absolute atomic E-state index is 0.0536. The molecule has 3 heteroatoms. The first-order valence-corrected chi connectivity index (χ1v) is 6.40. The SMILES string of the molecule is COc1ccc(C(=O)C[C@H]2CCCCC2=O)cc1. The lowest BCUT2D eigenvalue weighted by Gasteiger charge is -2.19. The number of ketones is 2. The highest BCUT2D eigenvalue weighted by atomic mass is 16.5. The van der Waals surface area contributed by atoms with Crippen LogP contribution in [0.3, 0.4) is 0 Å². The zero-order valence-electron chi connectivity index (χ0n) is 10.6. The van der Waals surface area contributed by atoms with Crippen molar-refractivity contribution < 1.29 is 14.3 Å². The van der Waals surface area contributed by atoms with Gasteiger partial charge in [-0.05, 0) is 37.1 Å². The van der Waals surface area contributed by atoms with Crippen LogP contribution in [0.4, 0.5) is 0 Å². The molecule has 0 amide bonds. The number of hydrogen-bond donors (Lipinski definition) is 0. The van der Waals surface area contributed by atoms with Crippen molar-refractivity contribution in [2.45, 2.75) is 32.1 Å². The predicted molar refractivity (Wildman–Crippen MR) is 68.9 cm³/mol. The van der Waals surface area contributed by atoms with Gasteiger partial charge in [-0.25, -0.2) is 0 Å². The van der Waals surface area contributed by atoms with Crippen molar-refractivity contribution in [2.24, 2.45) is 5.92 Å². The molecule has 1 saturated carbocycles. The quantitative estimate of drug-likeness (QED) is 0.767. The molecule has 0 heterocycles. The van der Waals surface area contributed by atoms with Crippen molar-refractivity contribution in [1.82, 2.24) is 0 Å². The number of carbonyl (C=O) groups is 2. The topological polar surface area (TPSA) is 43.4 Å². The van der Waals surface area contributed by atoms with Crippen LogP contribution < -0.4 is 4.74 Å². The number of methoxy groups -OCH3 is 1. The Kier molecular flexibility index (Phi) is 4.13. The van der Waals surface area contributed by atoms with Crippen molar-refractivity contribution >= 4 is 11.6 Å². The van der Waals surface area contributed by atoms with Crippen LogP contribution in [0.5, 0.6) is 5.75 Å². The van der Waals surface area contributed by atoms with Gasteiger partial charge >= 0.3 is 0 Å². The molecular formula is C15H18O3. The third kappa shape index (κ3) is 2.97. The zero-order valence-corrected chi connectivity index (χ0v) is 10.6. The van der Waals surface area contributed by atoms with Gasteiger partial charge in [-0.3, -0.25) is 9.59 Å². The molecule has 1 fully saturated rings. The van der Waals surface area contributed by atoms with E-state index >= 15 is 0 Å². The molecule has 3 nitrogen and oxygen atoms in total. The van der Waals surface area contributed by atoms with Gasteiger partial charge < -0.3 is 4.74 Å². The second-order valence-electron chi connectivity index (χ2n) is 4.76. The largest absolute Gasteiger partial charge is 0.497 e. The summed E-state index contributed by atoms with van der Waals surface area (Å²) >= 11 is 0. The molecular weight excluding hydrogens is 228 g/mol. The molecule has 96 valence electrons. The third-order valence-electron chi connectivity index (χ3n) is 3.52. The molecule has 1 aliphatic rings. The van der Waals surface area contributed by atoms with Crippen LogP contribution in [0.2, 0.25) is 0 Å². The Labute approximate surface area is 107 Å². The Morgan fingerprint density at radius 3 is 2.61 bits per heavy atom. The van der Waals surface area contributed by atoms with Crippen LogP contribution in [0.1, 0.15) is 42.5 Å². The number of ether oxygens (including phenoxy) is 1. The van der Waals surface area contributed by atoms with Gasteiger partial charge in [0.1, 0.15) is 11.5 Å². The fourth-order valence-corrected chi connectivity index (χ4v) is 2.39. The first-order chi connectivity index (χ1) is 8.70. The summed E-state index contributed by atoms with van der Waals surface area (Å²) in [5, 5.41) is 0. The van der Waals surface area contributed by atoms with Crippen LogP contribution in [0.25, 0.3) is 0 Å². The standard InChI is InChI=1S/C15H18O3/c1-18-13-8-6-11(7-9-13)15(17)10-12-4-2-3-5-14(12)16/h6-9,12H,2-5,10H2,1H3/t12-/m1/s1. The number of carbonyl (C=O) groups excluding carboxylic acids is 2. The lowest BCUT2D eigenvalue weighted by molar-refractivity contribution is -0.124. The Bertz CT molecular complexity index is 434. The fourth-order valence-electron chi connectivity index (χ4n) is 2.39. The molecule has 0 aromatic heterocycles. The first-order valence-electron chi connectivity index (χ1n) is 6.40. The molecule has 1 aliphatic carbocycles. The van der Waals surface area contributed by atoms with Gasteiger partial charge in [-0.2, -0.15) is 0 Å². The first kappa shape index (κ1) is 12.8. The molecule has 0 bridgehead atoms. The fraction of sp³-hybridized carbons (Fsp3) is 0.467. The maximum absolute atomic E-state index is 12.1. The Morgan fingerprint density at radius 2 is 2.00 bits per heavy atom. The molecule has 1 aromatic carbocycles. The monoisotopic (exact) mass is 246 g/mol. The highest BCUT2D eigenvalue weighted by Crippen LogP contribution is 2.25. The molecule has 1 atom stereocenters. The van der Waals surface area contributed by atoms with Crippen molar-refractivity contribution in [3.8, 4) is 5.75 Å². The van der Waals surface area contributed by atoms with Gasteiger partial charge in [0.25, 0.3) is 0 Å². The van der Waals surface area contributed by atoms with Crippen LogP contribution >= 0.6 is 0 Å². The Hall–Kier alpha value is -1.64. The minimum atomic E-state index is -0.0617. The summed E-state index contributed by atoms with van der Waals surface area (Å²) in [6.07, 6.45) is 3.89. The van der Waals surface area contributed by atoms with Crippen molar-refractivity contribution in [1.29, 1.82) is 0 Å². The van der Waals surface area contributed by atoms with Gasteiger partial charge in [0.05, 0.1) is 7.11 Å². The van der Waals surface area contributed by atoms with Gasteiger partial charge in [-0.15, -0.1) is 0 Å². The maximum atomic E-state index is 12.1. The van der Waals surface area contributed by atoms with Gasteiger partial charge in [0, 0.05) is 24.3 Å². The predicted octanol–water partition coefficient (Wildman–Crippen LogP) is 3.03. The smallest absolute Gasteiger partial charge is 0.163 e. The van der Waals surface area contributed by atoms with E-state index in [-0.39, 0.29) is 17.5 Å². The van der Waals surface area contributed by atoms with Gasteiger partial charge in [0.15, 0.2) is 5.78 Å². The molecule has 0 radical (unpaired) electrons. The minimum Gasteiger partial charge on any atom is -0.497 e. The van der Waals surface area contributed by atoms with Crippen molar-refractivity contribution in [3.05, 3.63) is 29.8 Å². The molecule has 0 aliphatic heterocycles. The van der Waals surface area contributed by atoms with Crippen LogP contribution in [-0.2, 0) is 4.79 Å². The second-order valence-corrected chi connectivity index (χ2v) is 4.76. The van der Waals surface area contributed by atoms with E-state index in [1.807, 2.05) is 0 Å². The summed E-state index contributed by atoms with van der Waals surface area (Å²) in [5.41, 5.74) is 0.661.